The molecule has 2 heterocycles. The monoisotopic (exact) mass is 431 g/mol. The van der Waals surface area contributed by atoms with Gasteiger partial charge in [0.15, 0.2) is 0 Å². The van der Waals surface area contributed by atoms with Crippen molar-refractivity contribution in [1.29, 1.82) is 0 Å². The normalized spacial score (nSPS) is 25.9. The molecule has 2 atom stereocenters. The van der Waals surface area contributed by atoms with Crippen molar-refractivity contribution in [2.75, 3.05) is 19.8 Å². The summed E-state index contributed by atoms with van der Waals surface area (Å²) in [7, 11) is 0. The topological polar surface area (TPSA) is 59.4 Å². The number of rotatable bonds is 5. The van der Waals surface area contributed by atoms with Crippen LogP contribution in [0.1, 0.15) is 12.8 Å². The van der Waals surface area contributed by atoms with Gasteiger partial charge in [0.25, 0.3) is 5.13 Å². The van der Waals surface area contributed by atoms with E-state index in [1.165, 1.54) is 11.3 Å². The molecule has 1 fully saturated rings. The first-order valence-corrected chi connectivity index (χ1v) is 9.09. The predicted molar refractivity (Wildman–Crippen MR) is 99.4 cm³/mol. The van der Waals surface area contributed by atoms with Crippen LogP contribution in [0.5, 0.6) is 0 Å². The lowest BCUT2D eigenvalue weighted by molar-refractivity contribution is 0.0848. The Morgan fingerprint density at radius 1 is 1.59 bits per heavy atom. The Hall–Kier alpha value is -0.580. The van der Waals surface area contributed by atoms with E-state index in [1.807, 2.05) is 29.2 Å². The van der Waals surface area contributed by atoms with Gasteiger partial charge in [-0.1, -0.05) is 17.4 Å². The Morgan fingerprint density at radius 2 is 2.41 bits per heavy atom. The molecule has 3 rings (SSSR count). The third kappa shape index (κ3) is 3.06. The second-order valence-electron chi connectivity index (χ2n) is 5.53. The minimum atomic E-state index is -0.969. The van der Waals surface area contributed by atoms with E-state index in [1.54, 1.807) is 0 Å². The molecule has 0 saturated carbocycles. The molecule has 1 aromatic carbocycles. The van der Waals surface area contributed by atoms with Crippen molar-refractivity contribution < 1.29 is 5.11 Å². The zero-order chi connectivity index (χ0) is 15.7. The Balaban J connectivity index is 1.83. The summed E-state index contributed by atoms with van der Waals surface area (Å²) >= 11 is 3.61. The van der Waals surface area contributed by atoms with Crippen molar-refractivity contribution >= 4 is 49.3 Å². The highest BCUT2D eigenvalue weighted by atomic mass is 127. The van der Waals surface area contributed by atoms with Crippen molar-refractivity contribution in [1.82, 2.24) is 14.5 Å². The van der Waals surface area contributed by atoms with Crippen LogP contribution in [0.15, 0.2) is 30.9 Å². The number of aliphatic hydroxyl groups is 1. The first-order valence-electron chi connectivity index (χ1n) is 7.19. The van der Waals surface area contributed by atoms with E-state index in [4.69, 9.17) is 0 Å². The highest BCUT2D eigenvalue weighted by molar-refractivity contribution is 14.1. The van der Waals surface area contributed by atoms with Crippen LogP contribution in [0.25, 0.3) is 10.2 Å². The molecular weight excluding hydrogens is 413 g/mol. The maximum atomic E-state index is 13.1. The van der Waals surface area contributed by atoms with Gasteiger partial charge >= 0.3 is 0 Å². The second kappa shape index (κ2) is 6.50. The van der Waals surface area contributed by atoms with Gasteiger partial charge in [-0.05, 0) is 53.6 Å². The molecule has 1 aliphatic rings. The van der Waals surface area contributed by atoms with Crippen LogP contribution in [0, 0.1) is 8.78 Å². The van der Waals surface area contributed by atoms with Gasteiger partial charge in [-0.3, -0.25) is 4.65 Å². The number of aliphatic hydroxyl groups excluding tert-OH is 1. The van der Waals surface area contributed by atoms with Crippen LogP contribution >= 0.6 is 33.9 Å². The number of β-amino-alcohol motifs (C(OH)–C–C–N with tert-alkyl or cyclic N) is 1. The standard InChI is InChI=1S/C15H18IN3O2S/c1-2-3-4-7-18-9-14(20)19(21,10-18)15-17-12-8-11(16)5-6-13(12)22-15/h2,5-6,8,14,20H,1,3-4,7,9-10H2. The van der Waals surface area contributed by atoms with E-state index in [-0.39, 0.29) is 6.67 Å². The highest BCUT2D eigenvalue weighted by Crippen LogP contribution is 2.37. The van der Waals surface area contributed by atoms with E-state index in [0.29, 0.717) is 11.7 Å². The number of aromatic nitrogens is 1. The van der Waals surface area contributed by atoms with Gasteiger partial charge in [0.05, 0.1) is 16.8 Å². The number of hydrogen-bond donors (Lipinski definition) is 1. The van der Waals surface area contributed by atoms with E-state index in [2.05, 4.69) is 34.2 Å². The van der Waals surface area contributed by atoms with Crippen LogP contribution in [0.3, 0.4) is 0 Å². The number of unbranched alkanes of at least 4 members (excludes halogenated alkanes) is 1. The molecule has 1 saturated heterocycles. The lowest BCUT2D eigenvalue weighted by Gasteiger charge is -2.37. The molecular formula is C15H18IN3O2S. The fraction of sp³-hybridized carbons (Fsp3) is 0.400. The third-order valence-corrected chi connectivity index (χ3v) is 5.68. The fourth-order valence-corrected chi connectivity index (χ4v) is 4.17. The maximum Gasteiger partial charge on any atom is 0.290 e. The lowest BCUT2D eigenvalue weighted by atomic mass is 10.3. The van der Waals surface area contributed by atoms with Crippen molar-refractivity contribution in [3.05, 3.63) is 39.6 Å². The molecule has 1 N–H and O–H groups in total. The molecule has 22 heavy (non-hydrogen) atoms. The Kier molecular flexibility index (Phi) is 4.81. The van der Waals surface area contributed by atoms with Crippen LogP contribution in [-0.4, -0.2) is 41.0 Å². The summed E-state index contributed by atoms with van der Waals surface area (Å²) in [5, 5.41) is 23.8. The molecule has 118 valence electrons. The van der Waals surface area contributed by atoms with Gasteiger partial charge < -0.3 is 10.3 Å². The Morgan fingerprint density at radius 3 is 3.18 bits per heavy atom. The average molecular weight is 431 g/mol. The number of allylic oxidation sites excluding steroid dienone is 1. The van der Waals surface area contributed by atoms with Crippen molar-refractivity contribution in [3.63, 3.8) is 0 Å². The van der Waals surface area contributed by atoms with Gasteiger partial charge in [0, 0.05) is 10.1 Å². The molecule has 0 spiro atoms. The molecule has 2 aromatic rings. The number of hydrogen-bond acceptors (Lipinski definition) is 5. The molecule has 2 unspecified atom stereocenters. The minimum Gasteiger partial charge on any atom is -0.623 e. The summed E-state index contributed by atoms with van der Waals surface area (Å²) in [5.74, 6) is 0. The van der Waals surface area contributed by atoms with Gasteiger partial charge in [-0.2, -0.15) is 4.98 Å². The number of fused-ring (bicyclic) bond motifs is 1. The number of benzene rings is 1. The van der Waals surface area contributed by atoms with Crippen LogP contribution < -0.4 is 4.65 Å². The second-order valence-corrected chi connectivity index (χ2v) is 7.79. The van der Waals surface area contributed by atoms with Crippen LogP contribution in [-0.2, 0) is 0 Å². The number of thiazole rings is 1. The summed E-state index contributed by atoms with van der Waals surface area (Å²) in [4.78, 5) is 6.49. The lowest BCUT2D eigenvalue weighted by Crippen LogP contribution is -2.48. The Bertz CT molecular complexity index is 692. The fourth-order valence-electron chi connectivity index (χ4n) is 2.67. The van der Waals surface area contributed by atoms with Gasteiger partial charge in [0.2, 0.25) is 6.23 Å². The van der Waals surface area contributed by atoms with E-state index >= 15 is 0 Å². The van der Waals surface area contributed by atoms with Gasteiger partial charge in [0.1, 0.15) is 6.67 Å². The van der Waals surface area contributed by atoms with Crippen molar-refractivity contribution in [3.8, 4) is 0 Å². The average Bonchev–Trinajstić information content (AvgIpc) is 3.02. The zero-order valence-corrected chi connectivity index (χ0v) is 15.1. The SMILES string of the molecule is C=CCCCN1CC(O)[N+]([O-])(c2nc3cc(I)ccc3s2)C1. The van der Waals surface area contributed by atoms with E-state index in [0.717, 1.165) is 33.2 Å². The summed E-state index contributed by atoms with van der Waals surface area (Å²) in [6.45, 7) is 5.16. The summed E-state index contributed by atoms with van der Waals surface area (Å²) in [6.07, 6.45) is 2.78. The number of quaternary nitrogens is 1. The molecule has 0 bridgehead atoms. The number of hydroxylamine groups is 2. The van der Waals surface area contributed by atoms with Crippen LogP contribution in [0.4, 0.5) is 5.13 Å². The highest BCUT2D eigenvalue weighted by Gasteiger charge is 2.42. The summed E-state index contributed by atoms with van der Waals surface area (Å²) in [5.41, 5.74) is 0.831. The van der Waals surface area contributed by atoms with Crippen LogP contribution in [0.2, 0.25) is 0 Å². The Labute approximate surface area is 147 Å². The zero-order valence-electron chi connectivity index (χ0n) is 12.1. The summed E-state index contributed by atoms with van der Waals surface area (Å²) in [6, 6.07) is 5.95. The van der Waals surface area contributed by atoms with Gasteiger partial charge in [-0.15, -0.1) is 6.58 Å². The molecule has 0 radical (unpaired) electrons. The quantitative estimate of drug-likeness (QED) is 0.260. The molecule has 5 nitrogen and oxygen atoms in total. The molecule has 1 aromatic heterocycles. The maximum absolute atomic E-state index is 13.1. The summed E-state index contributed by atoms with van der Waals surface area (Å²) < 4.78 is 1.32. The van der Waals surface area contributed by atoms with Gasteiger partial charge in [-0.25, -0.2) is 4.90 Å². The molecule has 0 amide bonds. The first-order chi connectivity index (χ1) is 10.5. The van der Waals surface area contributed by atoms with Crippen molar-refractivity contribution in [2.24, 2.45) is 0 Å². The number of halogens is 1. The first kappa shape index (κ1) is 16.3. The van der Waals surface area contributed by atoms with E-state index in [9.17, 15) is 10.3 Å². The third-order valence-electron chi connectivity index (χ3n) is 3.86. The van der Waals surface area contributed by atoms with E-state index < -0.39 is 10.9 Å². The smallest absolute Gasteiger partial charge is 0.290 e. The van der Waals surface area contributed by atoms with Crippen molar-refractivity contribution in [2.45, 2.75) is 19.1 Å². The largest absolute Gasteiger partial charge is 0.623 e. The predicted octanol–water partition coefficient (Wildman–Crippen LogP) is 3.26. The molecule has 1 aliphatic heterocycles. The molecule has 7 heteroatoms. The minimum absolute atomic E-state index is 0.259. The number of nitrogens with zero attached hydrogens (tertiary/aromatic N) is 3. The molecule has 0 aliphatic carbocycles.